The van der Waals surface area contributed by atoms with Crippen molar-refractivity contribution in [1.29, 1.82) is 0 Å². The summed E-state index contributed by atoms with van der Waals surface area (Å²) in [5, 5.41) is 3.25. The average Bonchev–Trinajstić information content (AvgIpc) is 2.46. The molecule has 0 atom stereocenters. The molecule has 0 heterocycles. The van der Waals surface area contributed by atoms with Gasteiger partial charge in [-0.1, -0.05) is 29.8 Å². The monoisotopic (exact) mass is 317 g/mol. The second kappa shape index (κ2) is 5.62. The summed E-state index contributed by atoms with van der Waals surface area (Å²) in [5.74, 6) is 3.43. The Morgan fingerprint density at radius 2 is 1.59 bits per heavy atom. The number of hydrogen-bond donors (Lipinski definition) is 1. The molecule has 4 saturated carbocycles. The molecule has 0 unspecified atom stereocenters. The Hall–Kier alpha value is -1.48. The van der Waals surface area contributed by atoms with Crippen LogP contribution >= 0.6 is 11.6 Å². The summed E-state index contributed by atoms with van der Waals surface area (Å²) in [6.07, 6.45) is 5.88. The van der Waals surface area contributed by atoms with Gasteiger partial charge in [0.2, 0.25) is 0 Å². The summed E-state index contributed by atoms with van der Waals surface area (Å²) >= 11 is 6.45. The number of carbonyl (C=O) groups excluding carboxylic acids is 1. The quantitative estimate of drug-likeness (QED) is 0.804. The number of ether oxygens (including phenoxy) is 1. The van der Waals surface area contributed by atoms with E-state index in [2.05, 4.69) is 5.32 Å². The minimum Gasteiger partial charge on any atom is -0.410 e. The van der Waals surface area contributed by atoms with Gasteiger partial charge in [-0.2, -0.15) is 0 Å². The van der Waals surface area contributed by atoms with Crippen LogP contribution in [-0.4, -0.2) is 6.09 Å². The molecule has 5 rings (SSSR count). The molecule has 4 heteroatoms. The van der Waals surface area contributed by atoms with Crippen molar-refractivity contribution in [2.24, 2.45) is 23.7 Å². The summed E-state index contributed by atoms with van der Waals surface area (Å²) in [4.78, 5) is 12.0. The number of benzene rings is 1. The summed E-state index contributed by atoms with van der Waals surface area (Å²) < 4.78 is 5.26. The van der Waals surface area contributed by atoms with Gasteiger partial charge in [-0.05, 0) is 73.5 Å². The fourth-order valence-electron chi connectivity index (χ4n) is 4.83. The highest BCUT2D eigenvalue weighted by Crippen LogP contribution is 2.57. The van der Waals surface area contributed by atoms with E-state index in [0.29, 0.717) is 22.7 Å². The average molecular weight is 318 g/mol. The van der Waals surface area contributed by atoms with Crippen molar-refractivity contribution in [3.63, 3.8) is 0 Å². The molecule has 0 spiro atoms. The van der Waals surface area contributed by atoms with E-state index < -0.39 is 6.09 Å². The highest BCUT2D eigenvalue weighted by atomic mass is 35.5. The molecule has 1 aromatic carbocycles. The summed E-state index contributed by atoms with van der Waals surface area (Å²) in [6, 6.07) is 9.06. The van der Waals surface area contributed by atoms with Crippen molar-refractivity contribution < 1.29 is 9.53 Å². The van der Waals surface area contributed by atoms with Crippen LogP contribution in [0.2, 0.25) is 0 Å². The molecule has 0 radical (unpaired) electrons. The summed E-state index contributed by atoms with van der Waals surface area (Å²) in [6.45, 7) is 0. The molecule has 22 heavy (non-hydrogen) atoms. The first-order valence-electron chi connectivity index (χ1n) is 8.12. The Morgan fingerprint density at radius 3 is 2.18 bits per heavy atom. The van der Waals surface area contributed by atoms with Gasteiger partial charge >= 0.3 is 6.09 Å². The van der Waals surface area contributed by atoms with Crippen LogP contribution in [-0.2, 0) is 0 Å². The predicted molar refractivity (Wildman–Crippen MR) is 85.5 cm³/mol. The Kier molecular flexibility index (Phi) is 3.61. The zero-order valence-corrected chi connectivity index (χ0v) is 13.2. The number of allylic oxidation sites excluding steroid dienone is 1. The lowest BCUT2D eigenvalue weighted by Crippen LogP contribution is -2.42. The maximum Gasteiger partial charge on any atom is 0.417 e. The minimum absolute atomic E-state index is 0.502. The van der Waals surface area contributed by atoms with Crippen LogP contribution < -0.4 is 10.1 Å². The van der Waals surface area contributed by atoms with Gasteiger partial charge in [0.25, 0.3) is 0 Å². The van der Waals surface area contributed by atoms with Gasteiger partial charge < -0.3 is 4.74 Å². The van der Waals surface area contributed by atoms with Gasteiger partial charge in [-0.15, -0.1) is 0 Å². The van der Waals surface area contributed by atoms with Gasteiger partial charge in [-0.25, -0.2) is 4.79 Å². The third-order valence-corrected chi connectivity index (χ3v) is 5.75. The smallest absolute Gasteiger partial charge is 0.410 e. The lowest BCUT2D eigenvalue weighted by Gasteiger charge is -2.51. The maximum atomic E-state index is 12.0. The Bertz CT molecular complexity index is 581. The van der Waals surface area contributed by atoms with Crippen LogP contribution in [0.25, 0.3) is 0 Å². The second-order valence-electron chi connectivity index (χ2n) is 6.90. The van der Waals surface area contributed by atoms with Gasteiger partial charge in [0.05, 0.1) is 0 Å². The predicted octanol–water partition coefficient (Wildman–Crippen LogP) is 4.68. The standard InChI is InChI=1S/C18H20ClNO2/c19-17(20-18(21)22-15-4-2-1-3-5-15)16-13-7-11-6-12(9-13)10-14(16)8-11/h1-5,11-14H,6-10H2,(H,20,21). The number of rotatable bonds is 2. The van der Waals surface area contributed by atoms with Crippen LogP contribution in [0.1, 0.15) is 32.1 Å². The molecule has 1 N–H and O–H groups in total. The number of halogens is 1. The molecule has 4 fully saturated rings. The molecule has 116 valence electrons. The zero-order chi connectivity index (χ0) is 15.1. The van der Waals surface area contributed by atoms with E-state index in [1.165, 1.54) is 37.7 Å². The highest BCUT2D eigenvalue weighted by molar-refractivity contribution is 6.30. The molecule has 0 aliphatic heterocycles. The normalized spacial score (nSPS) is 32.0. The number of nitrogens with one attached hydrogen (secondary N) is 1. The summed E-state index contributed by atoms with van der Waals surface area (Å²) in [5.41, 5.74) is 1.28. The van der Waals surface area contributed by atoms with Crippen molar-refractivity contribution in [2.75, 3.05) is 0 Å². The van der Waals surface area contributed by atoms with E-state index in [4.69, 9.17) is 16.3 Å². The van der Waals surface area contributed by atoms with Crippen molar-refractivity contribution in [1.82, 2.24) is 5.32 Å². The van der Waals surface area contributed by atoms with E-state index in [9.17, 15) is 4.79 Å². The lowest BCUT2D eigenvalue weighted by molar-refractivity contribution is 0.0686. The summed E-state index contributed by atoms with van der Waals surface area (Å²) in [7, 11) is 0. The third kappa shape index (κ3) is 2.63. The third-order valence-electron chi connectivity index (χ3n) is 5.44. The Labute approximate surface area is 135 Å². The first kappa shape index (κ1) is 14.1. The number of hydrogen-bond acceptors (Lipinski definition) is 2. The Morgan fingerprint density at radius 1 is 1.00 bits per heavy atom. The van der Waals surface area contributed by atoms with Gasteiger partial charge in [0.1, 0.15) is 10.9 Å². The van der Waals surface area contributed by atoms with E-state index in [1.807, 2.05) is 18.2 Å². The van der Waals surface area contributed by atoms with E-state index in [0.717, 1.165) is 11.8 Å². The number of para-hydroxylation sites is 1. The Balaban J connectivity index is 1.47. The molecule has 1 aromatic rings. The molecule has 1 amide bonds. The molecule has 3 nitrogen and oxygen atoms in total. The van der Waals surface area contributed by atoms with Crippen LogP contribution in [0.3, 0.4) is 0 Å². The van der Waals surface area contributed by atoms with E-state index >= 15 is 0 Å². The molecular formula is C18H20ClNO2. The van der Waals surface area contributed by atoms with E-state index in [1.54, 1.807) is 12.1 Å². The van der Waals surface area contributed by atoms with Crippen molar-refractivity contribution in [3.8, 4) is 5.75 Å². The lowest BCUT2D eigenvalue weighted by atomic mass is 9.54. The van der Waals surface area contributed by atoms with Crippen LogP contribution in [0.15, 0.2) is 41.1 Å². The molecule has 0 saturated heterocycles. The first-order chi connectivity index (χ1) is 10.7. The van der Waals surface area contributed by atoms with E-state index in [-0.39, 0.29) is 0 Å². The van der Waals surface area contributed by atoms with Gasteiger partial charge in [0, 0.05) is 0 Å². The molecular weight excluding hydrogens is 298 g/mol. The van der Waals surface area contributed by atoms with Crippen molar-refractivity contribution in [3.05, 3.63) is 41.1 Å². The maximum absolute atomic E-state index is 12.0. The van der Waals surface area contributed by atoms with Gasteiger partial charge in [-0.3, -0.25) is 5.32 Å². The molecule has 0 aromatic heterocycles. The fourth-order valence-corrected chi connectivity index (χ4v) is 5.22. The number of carbonyl (C=O) groups is 1. The topological polar surface area (TPSA) is 38.3 Å². The zero-order valence-electron chi connectivity index (χ0n) is 12.4. The van der Waals surface area contributed by atoms with Crippen LogP contribution in [0, 0.1) is 23.7 Å². The molecule has 4 aliphatic rings. The van der Waals surface area contributed by atoms with Crippen molar-refractivity contribution >= 4 is 17.7 Å². The fraction of sp³-hybridized carbons (Fsp3) is 0.500. The largest absolute Gasteiger partial charge is 0.417 e. The van der Waals surface area contributed by atoms with Crippen LogP contribution in [0.4, 0.5) is 4.79 Å². The van der Waals surface area contributed by atoms with Crippen LogP contribution in [0.5, 0.6) is 5.75 Å². The second-order valence-corrected chi connectivity index (χ2v) is 7.28. The SMILES string of the molecule is O=C(NC(Cl)=C1C2CC3CC(C2)CC1C3)Oc1ccccc1. The molecule has 4 bridgehead atoms. The minimum atomic E-state index is -0.502. The van der Waals surface area contributed by atoms with Gasteiger partial charge in [0.15, 0.2) is 0 Å². The highest BCUT2D eigenvalue weighted by Gasteiger charge is 2.46. The molecule has 4 aliphatic carbocycles. The first-order valence-corrected chi connectivity index (χ1v) is 8.50. The van der Waals surface area contributed by atoms with Crippen molar-refractivity contribution in [2.45, 2.75) is 32.1 Å². The number of amides is 1.